The molecule has 0 aliphatic carbocycles. The maximum atomic E-state index is 10.5. The third-order valence-electron chi connectivity index (χ3n) is 4.20. The lowest BCUT2D eigenvalue weighted by Crippen LogP contribution is -2.06. The SMILES string of the molecule is Cc1ccc(CC(C)CC(=O)O)cc1.Cc1ccc(CCCC(=O)O)cc1. The van der Waals surface area contributed by atoms with Crippen LogP contribution >= 0.6 is 0 Å². The predicted molar refractivity (Wildman–Crippen MR) is 108 cm³/mol. The van der Waals surface area contributed by atoms with Crippen molar-refractivity contribution in [3.8, 4) is 0 Å². The molecule has 2 rings (SSSR count). The Labute approximate surface area is 161 Å². The van der Waals surface area contributed by atoms with Crippen LogP contribution in [0.15, 0.2) is 48.5 Å². The highest BCUT2D eigenvalue weighted by molar-refractivity contribution is 5.67. The van der Waals surface area contributed by atoms with Crippen molar-refractivity contribution in [3.63, 3.8) is 0 Å². The van der Waals surface area contributed by atoms with Gasteiger partial charge in [0.05, 0.1) is 0 Å². The maximum Gasteiger partial charge on any atom is 0.303 e. The summed E-state index contributed by atoms with van der Waals surface area (Å²) < 4.78 is 0. The number of rotatable bonds is 8. The molecule has 4 heteroatoms. The second kappa shape index (κ2) is 11.9. The molecule has 0 spiro atoms. The van der Waals surface area contributed by atoms with Crippen LogP contribution in [0.3, 0.4) is 0 Å². The van der Waals surface area contributed by atoms with Gasteiger partial charge in [-0.05, 0) is 50.2 Å². The molecule has 0 heterocycles. The second-order valence-electron chi connectivity index (χ2n) is 7.13. The summed E-state index contributed by atoms with van der Waals surface area (Å²) in [7, 11) is 0. The van der Waals surface area contributed by atoms with Gasteiger partial charge in [-0.3, -0.25) is 9.59 Å². The van der Waals surface area contributed by atoms with Gasteiger partial charge in [0.1, 0.15) is 0 Å². The molecule has 0 bridgehead atoms. The summed E-state index contributed by atoms with van der Waals surface area (Å²) in [5.41, 5.74) is 4.90. The van der Waals surface area contributed by atoms with E-state index in [0.717, 1.165) is 19.3 Å². The Morgan fingerprint density at radius 2 is 1.30 bits per heavy atom. The molecule has 146 valence electrons. The van der Waals surface area contributed by atoms with Gasteiger partial charge >= 0.3 is 11.9 Å². The van der Waals surface area contributed by atoms with Gasteiger partial charge in [-0.15, -0.1) is 0 Å². The quantitative estimate of drug-likeness (QED) is 0.682. The van der Waals surface area contributed by atoms with Gasteiger partial charge < -0.3 is 10.2 Å². The Hall–Kier alpha value is -2.62. The first-order valence-electron chi connectivity index (χ1n) is 9.31. The van der Waals surface area contributed by atoms with E-state index in [4.69, 9.17) is 10.2 Å². The summed E-state index contributed by atoms with van der Waals surface area (Å²) in [6, 6.07) is 16.5. The molecule has 0 aromatic heterocycles. The number of carbonyl (C=O) groups is 2. The Morgan fingerprint density at radius 1 is 0.815 bits per heavy atom. The minimum Gasteiger partial charge on any atom is -0.481 e. The maximum absolute atomic E-state index is 10.5. The zero-order valence-corrected chi connectivity index (χ0v) is 16.4. The third kappa shape index (κ3) is 10.9. The smallest absolute Gasteiger partial charge is 0.303 e. The van der Waals surface area contributed by atoms with E-state index in [1.807, 2.05) is 20.8 Å². The van der Waals surface area contributed by atoms with Crippen LogP contribution in [0.2, 0.25) is 0 Å². The van der Waals surface area contributed by atoms with Crippen molar-refractivity contribution >= 4 is 11.9 Å². The zero-order valence-electron chi connectivity index (χ0n) is 16.4. The molecule has 0 aliphatic heterocycles. The van der Waals surface area contributed by atoms with E-state index in [0.29, 0.717) is 0 Å². The summed E-state index contributed by atoms with van der Waals surface area (Å²) in [4.78, 5) is 20.7. The Kier molecular flexibility index (Phi) is 9.88. The van der Waals surface area contributed by atoms with E-state index in [9.17, 15) is 9.59 Å². The monoisotopic (exact) mass is 370 g/mol. The summed E-state index contributed by atoms with van der Waals surface area (Å²) >= 11 is 0. The lowest BCUT2D eigenvalue weighted by molar-refractivity contribution is -0.138. The largest absolute Gasteiger partial charge is 0.481 e. The normalized spacial score (nSPS) is 11.2. The summed E-state index contributed by atoms with van der Waals surface area (Å²) in [5, 5.41) is 17.0. The van der Waals surface area contributed by atoms with Crippen molar-refractivity contribution in [3.05, 3.63) is 70.8 Å². The van der Waals surface area contributed by atoms with Gasteiger partial charge in [0.2, 0.25) is 0 Å². The van der Waals surface area contributed by atoms with Crippen LogP contribution in [0.5, 0.6) is 0 Å². The molecule has 1 atom stereocenters. The fraction of sp³-hybridized carbons (Fsp3) is 0.391. The highest BCUT2D eigenvalue weighted by atomic mass is 16.4. The minimum atomic E-state index is -0.718. The van der Waals surface area contributed by atoms with E-state index in [1.54, 1.807) is 0 Å². The van der Waals surface area contributed by atoms with Crippen molar-refractivity contribution in [1.29, 1.82) is 0 Å². The standard InChI is InChI=1S/C12H16O2.C11H14O2/c1-9-3-5-11(6-4-9)7-10(2)8-12(13)14;1-9-5-7-10(8-6-9)3-2-4-11(12)13/h3-6,10H,7-8H2,1-2H3,(H,13,14);5-8H,2-4H2,1H3,(H,12,13). The molecule has 27 heavy (non-hydrogen) atoms. The number of aryl methyl sites for hydroxylation is 3. The van der Waals surface area contributed by atoms with Crippen LogP contribution in [0, 0.1) is 19.8 Å². The van der Waals surface area contributed by atoms with Crippen LogP contribution in [0.4, 0.5) is 0 Å². The minimum absolute atomic E-state index is 0.204. The lowest BCUT2D eigenvalue weighted by Gasteiger charge is -2.08. The molecule has 0 fully saturated rings. The number of aliphatic carboxylic acids is 2. The van der Waals surface area contributed by atoms with Gasteiger partial charge in [0.25, 0.3) is 0 Å². The van der Waals surface area contributed by atoms with Crippen molar-refractivity contribution < 1.29 is 19.8 Å². The molecule has 0 saturated carbocycles. The molecule has 2 N–H and O–H groups in total. The van der Waals surface area contributed by atoms with Crippen LogP contribution in [-0.4, -0.2) is 22.2 Å². The van der Waals surface area contributed by atoms with Crippen LogP contribution in [0.1, 0.15) is 48.4 Å². The molecule has 0 saturated heterocycles. The van der Waals surface area contributed by atoms with Gasteiger partial charge in [-0.25, -0.2) is 0 Å². The molecular formula is C23H30O4. The van der Waals surface area contributed by atoms with Gasteiger partial charge in [-0.2, -0.15) is 0 Å². The number of hydrogen-bond donors (Lipinski definition) is 2. The predicted octanol–water partition coefficient (Wildman–Crippen LogP) is 5.05. The number of carboxylic acid groups (broad SMARTS) is 2. The molecule has 4 nitrogen and oxygen atoms in total. The van der Waals surface area contributed by atoms with Gasteiger partial charge in [0.15, 0.2) is 0 Å². The molecular weight excluding hydrogens is 340 g/mol. The van der Waals surface area contributed by atoms with E-state index in [2.05, 4.69) is 48.5 Å². The highest BCUT2D eigenvalue weighted by Crippen LogP contribution is 2.12. The van der Waals surface area contributed by atoms with Crippen LogP contribution in [0.25, 0.3) is 0 Å². The summed E-state index contributed by atoms with van der Waals surface area (Å²) in [6.45, 7) is 6.06. The van der Waals surface area contributed by atoms with E-state index in [-0.39, 0.29) is 18.8 Å². The fourth-order valence-corrected chi connectivity index (χ4v) is 2.70. The number of carboxylic acids is 2. The second-order valence-corrected chi connectivity index (χ2v) is 7.13. The van der Waals surface area contributed by atoms with E-state index in [1.165, 1.54) is 22.3 Å². The number of benzene rings is 2. The molecule has 0 radical (unpaired) electrons. The average Bonchev–Trinajstić information content (AvgIpc) is 2.58. The van der Waals surface area contributed by atoms with Gasteiger partial charge in [-0.1, -0.05) is 66.6 Å². The first-order chi connectivity index (χ1) is 12.8. The Balaban J connectivity index is 0.000000271. The van der Waals surface area contributed by atoms with Crippen LogP contribution < -0.4 is 0 Å². The third-order valence-corrected chi connectivity index (χ3v) is 4.20. The van der Waals surface area contributed by atoms with Crippen molar-refractivity contribution in [2.24, 2.45) is 5.92 Å². The molecule has 1 unspecified atom stereocenters. The molecule has 2 aromatic carbocycles. The van der Waals surface area contributed by atoms with Crippen molar-refractivity contribution in [2.75, 3.05) is 0 Å². The van der Waals surface area contributed by atoms with Gasteiger partial charge in [0, 0.05) is 12.8 Å². The fourth-order valence-electron chi connectivity index (χ4n) is 2.70. The summed E-state index contributed by atoms with van der Waals surface area (Å²) in [6.07, 6.45) is 2.92. The van der Waals surface area contributed by atoms with E-state index < -0.39 is 11.9 Å². The molecule has 2 aromatic rings. The Bertz CT molecular complexity index is 702. The zero-order chi connectivity index (χ0) is 20.2. The van der Waals surface area contributed by atoms with Crippen molar-refractivity contribution in [1.82, 2.24) is 0 Å². The first kappa shape index (κ1) is 22.4. The lowest BCUT2D eigenvalue weighted by atomic mass is 9.98. The Morgan fingerprint density at radius 3 is 1.74 bits per heavy atom. The van der Waals surface area contributed by atoms with Crippen molar-refractivity contribution in [2.45, 2.75) is 52.9 Å². The van der Waals surface area contributed by atoms with Crippen LogP contribution in [-0.2, 0) is 22.4 Å². The highest BCUT2D eigenvalue weighted by Gasteiger charge is 2.07. The first-order valence-corrected chi connectivity index (χ1v) is 9.31. The topological polar surface area (TPSA) is 74.6 Å². The van der Waals surface area contributed by atoms with E-state index >= 15 is 0 Å². The number of hydrogen-bond acceptors (Lipinski definition) is 2. The molecule has 0 amide bonds. The average molecular weight is 370 g/mol. The summed E-state index contributed by atoms with van der Waals surface area (Å²) in [5.74, 6) is -1.23. The molecule has 0 aliphatic rings.